The zero-order valence-electron chi connectivity index (χ0n) is 17.9. The van der Waals surface area contributed by atoms with E-state index in [4.69, 9.17) is 21.9 Å². The largest absolute Gasteiger partial charge is 0.419 e. The summed E-state index contributed by atoms with van der Waals surface area (Å²) >= 11 is 5.61. The number of benzene rings is 2. The van der Waals surface area contributed by atoms with E-state index in [1.807, 2.05) is 6.92 Å². The van der Waals surface area contributed by atoms with Crippen molar-refractivity contribution in [1.29, 1.82) is 0 Å². The SMILES string of the molecule is CCCc1cc2c(C(F)(F)F)c(N)ccc2n1Cc1noc(-c2cc(C(F)(F)F)cc(Cl)c2F)n1. The first-order valence-corrected chi connectivity index (χ1v) is 10.6. The van der Waals surface area contributed by atoms with Gasteiger partial charge in [0.2, 0.25) is 0 Å². The number of nitrogen functional groups attached to an aromatic ring is 1. The van der Waals surface area contributed by atoms with Gasteiger partial charge in [-0.2, -0.15) is 31.3 Å². The first-order chi connectivity index (χ1) is 16.3. The number of anilines is 1. The molecule has 35 heavy (non-hydrogen) atoms. The normalized spacial score (nSPS) is 12.6. The van der Waals surface area contributed by atoms with Gasteiger partial charge in [-0.1, -0.05) is 30.1 Å². The van der Waals surface area contributed by atoms with Crippen LogP contribution in [0.25, 0.3) is 22.4 Å². The van der Waals surface area contributed by atoms with Crippen LogP contribution in [0.2, 0.25) is 5.02 Å². The molecule has 0 spiro atoms. The van der Waals surface area contributed by atoms with Crippen molar-refractivity contribution in [3.63, 3.8) is 0 Å². The molecule has 186 valence electrons. The maximum atomic E-state index is 14.5. The van der Waals surface area contributed by atoms with Crippen molar-refractivity contribution in [2.75, 3.05) is 5.73 Å². The summed E-state index contributed by atoms with van der Waals surface area (Å²) in [5, 5.41) is 2.79. The van der Waals surface area contributed by atoms with Gasteiger partial charge < -0.3 is 14.8 Å². The monoisotopic (exact) mass is 520 g/mol. The summed E-state index contributed by atoms with van der Waals surface area (Å²) in [6, 6.07) is 4.87. The Labute approximate surface area is 198 Å². The highest BCUT2D eigenvalue weighted by Gasteiger charge is 2.36. The topological polar surface area (TPSA) is 69.9 Å². The molecular weight excluding hydrogens is 505 g/mol. The highest BCUT2D eigenvalue weighted by atomic mass is 35.5. The van der Waals surface area contributed by atoms with Gasteiger partial charge in [-0.15, -0.1) is 0 Å². The Kier molecular flexibility index (Phi) is 6.20. The van der Waals surface area contributed by atoms with Crippen LogP contribution >= 0.6 is 11.6 Å². The van der Waals surface area contributed by atoms with Crippen molar-refractivity contribution in [1.82, 2.24) is 14.7 Å². The number of aromatic nitrogens is 3. The molecular formula is C22H16ClF7N4O. The van der Waals surface area contributed by atoms with Gasteiger partial charge in [0.25, 0.3) is 5.89 Å². The molecule has 0 aliphatic carbocycles. The minimum Gasteiger partial charge on any atom is -0.398 e. The number of halogens is 8. The van der Waals surface area contributed by atoms with E-state index in [9.17, 15) is 30.7 Å². The molecule has 0 unspecified atom stereocenters. The number of nitrogens with two attached hydrogens (primary N) is 1. The van der Waals surface area contributed by atoms with Crippen LogP contribution in [0, 0.1) is 5.82 Å². The van der Waals surface area contributed by atoms with Crippen LogP contribution in [-0.4, -0.2) is 14.7 Å². The van der Waals surface area contributed by atoms with Crippen LogP contribution in [0.15, 0.2) is 34.9 Å². The number of hydrogen-bond donors (Lipinski definition) is 1. The summed E-state index contributed by atoms with van der Waals surface area (Å²) in [6.45, 7) is 1.66. The number of hydrogen-bond acceptors (Lipinski definition) is 4. The minimum atomic E-state index is -4.80. The lowest BCUT2D eigenvalue weighted by molar-refractivity contribution is -0.137. The maximum absolute atomic E-state index is 14.5. The van der Waals surface area contributed by atoms with Gasteiger partial charge in [-0.25, -0.2) is 4.39 Å². The molecule has 2 aromatic heterocycles. The molecule has 0 bridgehead atoms. The van der Waals surface area contributed by atoms with Crippen LogP contribution in [0.4, 0.5) is 36.4 Å². The minimum absolute atomic E-state index is 0.0897. The van der Waals surface area contributed by atoms with E-state index in [0.29, 0.717) is 30.7 Å². The fourth-order valence-corrected chi connectivity index (χ4v) is 4.07. The van der Waals surface area contributed by atoms with Gasteiger partial charge in [0.15, 0.2) is 11.6 Å². The molecule has 2 N–H and O–H groups in total. The summed E-state index contributed by atoms with van der Waals surface area (Å²) in [7, 11) is 0. The molecule has 0 aliphatic heterocycles. The maximum Gasteiger partial charge on any atom is 0.419 e. The van der Waals surface area contributed by atoms with Crippen LogP contribution in [0.5, 0.6) is 0 Å². The van der Waals surface area contributed by atoms with Crippen molar-refractivity contribution in [2.24, 2.45) is 0 Å². The van der Waals surface area contributed by atoms with Crippen molar-refractivity contribution in [3.8, 4) is 11.5 Å². The zero-order chi connectivity index (χ0) is 25.7. The first kappa shape index (κ1) is 24.8. The Hall–Kier alpha value is -3.28. The zero-order valence-corrected chi connectivity index (χ0v) is 18.6. The van der Waals surface area contributed by atoms with Crippen LogP contribution < -0.4 is 5.73 Å². The fourth-order valence-electron chi connectivity index (χ4n) is 3.85. The van der Waals surface area contributed by atoms with Crippen molar-refractivity contribution in [3.05, 3.63) is 63.8 Å². The summed E-state index contributed by atoms with van der Waals surface area (Å²) in [5.74, 6) is -1.83. The van der Waals surface area contributed by atoms with Gasteiger partial charge in [0, 0.05) is 22.3 Å². The van der Waals surface area contributed by atoms with Crippen LogP contribution in [0.3, 0.4) is 0 Å². The van der Waals surface area contributed by atoms with Crippen molar-refractivity contribution >= 4 is 28.2 Å². The molecule has 2 heterocycles. The molecule has 0 saturated heterocycles. The lowest BCUT2D eigenvalue weighted by Crippen LogP contribution is -2.10. The lowest BCUT2D eigenvalue weighted by atomic mass is 10.1. The van der Waals surface area contributed by atoms with E-state index in [1.54, 1.807) is 0 Å². The van der Waals surface area contributed by atoms with Crippen LogP contribution in [0.1, 0.15) is 36.0 Å². The number of rotatable bonds is 5. The smallest absolute Gasteiger partial charge is 0.398 e. The third kappa shape index (κ3) is 4.66. The van der Waals surface area contributed by atoms with E-state index in [0.717, 1.165) is 6.07 Å². The quantitative estimate of drug-likeness (QED) is 0.225. The molecule has 0 fully saturated rings. The third-order valence-corrected chi connectivity index (χ3v) is 5.62. The molecule has 5 nitrogen and oxygen atoms in total. The summed E-state index contributed by atoms with van der Waals surface area (Å²) in [6.07, 6.45) is -8.47. The van der Waals surface area contributed by atoms with Crippen LogP contribution in [-0.2, 0) is 25.3 Å². The molecule has 2 aromatic carbocycles. The fraction of sp³-hybridized carbons (Fsp3) is 0.273. The highest BCUT2D eigenvalue weighted by Crippen LogP contribution is 2.40. The van der Waals surface area contributed by atoms with Gasteiger partial charge in [0.05, 0.1) is 28.3 Å². The Morgan fingerprint density at radius 2 is 1.77 bits per heavy atom. The second-order valence-corrected chi connectivity index (χ2v) is 8.17. The first-order valence-electron chi connectivity index (χ1n) is 10.2. The summed E-state index contributed by atoms with van der Waals surface area (Å²) in [4.78, 5) is 3.97. The van der Waals surface area contributed by atoms with E-state index in [1.165, 1.54) is 16.7 Å². The molecule has 0 saturated carbocycles. The number of alkyl halides is 6. The number of fused-ring (bicyclic) bond motifs is 1. The van der Waals surface area contributed by atoms with E-state index in [2.05, 4.69) is 10.1 Å². The molecule has 0 atom stereocenters. The number of aryl methyl sites for hydroxylation is 1. The summed E-state index contributed by atoms with van der Waals surface area (Å²) < 4.78 is 101. The average molecular weight is 521 g/mol. The molecule has 4 rings (SSSR count). The van der Waals surface area contributed by atoms with Gasteiger partial charge in [-0.05, 0) is 36.8 Å². The van der Waals surface area contributed by atoms with Gasteiger partial charge in [-0.3, -0.25) is 0 Å². The Morgan fingerprint density at radius 3 is 2.40 bits per heavy atom. The predicted octanol–water partition coefficient (Wildman–Crippen LogP) is 7.10. The Balaban J connectivity index is 1.79. The number of nitrogens with zero attached hydrogens (tertiary/aromatic N) is 3. The lowest BCUT2D eigenvalue weighted by Gasteiger charge is -2.12. The molecule has 13 heteroatoms. The van der Waals surface area contributed by atoms with E-state index in [-0.39, 0.29) is 23.3 Å². The Bertz CT molecular complexity index is 1410. The predicted molar refractivity (Wildman–Crippen MR) is 114 cm³/mol. The van der Waals surface area contributed by atoms with E-state index < -0.39 is 51.5 Å². The molecule has 0 aliphatic rings. The average Bonchev–Trinajstić information content (AvgIpc) is 3.33. The Morgan fingerprint density at radius 1 is 1.06 bits per heavy atom. The van der Waals surface area contributed by atoms with Crippen molar-refractivity contribution in [2.45, 2.75) is 38.7 Å². The standard InChI is InChI=1S/C22H16ClF7N4O/c1-2-3-11-8-12-16(5-4-15(31)18(12)22(28,29)30)34(11)9-17-32-20(35-33-17)13-6-10(21(25,26)27)7-14(23)19(13)24/h4-8H,2-3,9,31H2,1H3. The van der Waals surface area contributed by atoms with Crippen molar-refractivity contribution < 1.29 is 35.3 Å². The third-order valence-electron chi connectivity index (χ3n) is 5.35. The highest BCUT2D eigenvalue weighted by molar-refractivity contribution is 6.31. The van der Waals surface area contributed by atoms with E-state index >= 15 is 0 Å². The van der Waals surface area contributed by atoms with Gasteiger partial charge in [0.1, 0.15) is 0 Å². The molecule has 0 radical (unpaired) electrons. The second-order valence-electron chi connectivity index (χ2n) is 7.77. The molecule has 4 aromatic rings. The van der Waals surface area contributed by atoms with Gasteiger partial charge >= 0.3 is 12.4 Å². The summed E-state index contributed by atoms with van der Waals surface area (Å²) in [5.41, 5.74) is 3.07. The second kappa shape index (κ2) is 8.74. The molecule has 0 amide bonds.